The summed E-state index contributed by atoms with van der Waals surface area (Å²) in [5, 5.41) is 2.49. The highest BCUT2D eigenvalue weighted by molar-refractivity contribution is 5.94. The monoisotopic (exact) mass is 378 g/mol. The second-order valence-electron chi connectivity index (χ2n) is 6.12. The average Bonchev–Trinajstić information content (AvgIpc) is 2.64. The summed E-state index contributed by atoms with van der Waals surface area (Å²) in [6.07, 6.45) is 0. The van der Waals surface area contributed by atoms with Crippen molar-refractivity contribution in [3.05, 3.63) is 53.6 Å². The first-order valence-electron chi connectivity index (χ1n) is 8.61. The largest absolute Gasteiger partial charge is 0.493 e. The van der Waals surface area contributed by atoms with E-state index in [4.69, 9.17) is 9.47 Å². The SMILES string of the molecule is CCOc1ccc(CN(C)C(C)C(=O)Nc2ccc(F)cc2F)cc1OC. The fraction of sp³-hybridized carbons (Fsp3) is 0.350. The van der Waals surface area contributed by atoms with Crippen LogP contribution in [0.5, 0.6) is 11.5 Å². The molecule has 2 aromatic carbocycles. The summed E-state index contributed by atoms with van der Waals surface area (Å²) < 4.78 is 37.5. The summed E-state index contributed by atoms with van der Waals surface area (Å²) in [7, 11) is 3.35. The van der Waals surface area contributed by atoms with Crippen molar-refractivity contribution in [2.75, 3.05) is 26.1 Å². The van der Waals surface area contributed by atoms with E-state index >= 15 is 0 Å². The molecule has 7 heteroatoms. The number of carbonyl (C=O) groups excluding carboxylic acids is 1. The number of nitrogens with zero attached hydrogens (tertiary/aromatic N) is 1. The zero-order valence-electron chi connectivity index (χ0n) is 15.9. The number of likely N-dealkylation sites (N-methyl/N-ethyl adjacent to an activating group) is 1. The lowest BCUT2D eigenvalue weighted by Gasteiger charge is -2.24. The van der Waals surface area contributed by atoms with Gasteiger partial charge in [0.05, 0.1) is 25.4 Å². The van der Waals surface area contributed by atoms with Crippen LogP contribution in [0.3, 0.4) is 0 Å². The molecule has 1 amide bonds. The van der Waals surface area contributed by atoms with Gasteiger partial charge in [-0.05, 0) is 50.7 Å². The lowest BCUT2D eigenvalue weighted by Crippen LogP contribution is -2.39. The molecule has 0 radical (unpaired) electrons. The summed E-state index contributed by atoms with van der Waals surface area (Å²) >= 11 is 0. The Labute approximate surface area is 157 Å². The lowest BCUT2D eigenvalue weighted by molar-refractivity contribution is -0.120. The van der Waals surface area contributed by atoms with Gasteiger partial charge >= 0.3 is 0 Å². The number of methoxy groups -OCH3 is 1. The quantitative estimate of drug-likeness (QED) is 0.759. The van der Waals surface area contributed by atoms with Gasteiger partial charge in [-0.2, -0.15) is 0 Å². The van der Waals surface area contributed by atoms with Crippen molar-refractivity contribution in [1.29, 1.82) is 0 Å². The van der Waals surface area contributed by atoms with Gasteiger partial charge in [0.1, 0.15) is 11.6 Å². The van der Waals surface area contributed by atoms with Gasteiger partial charge in [-0.1, -0.05) is 6.07 Å². The Kier molecular flexibility index (Phi) is 7.12. The molecular formula is C20H24F2N2O3. The maximum Gasteiger partial charge on any atom is 0.241 e. The highest BCUT2D eigenvalue weighted by Gasteiger charge is 2.20. The smallest absolute Gasteiger partial charge is 0.241 e. The lowest BCUT2D eigenvalue weighted by atomic mass is 10.1. The summed E-state index contributed by atoms with van der Waals surface area (Å²) in [5.74, 6) is -0.618. The topological polar surface area (TPSA) is 50.8 Å². The fourth-order valence-corrected chi connectivity index (χ4v) is 2.54. The van der Waals surface area contributed by atoms with Crippen molar-refractivity contribution in [1.82, 2.24) is 4.90 Å². The number of amides is 1. The molecule has 0 aromatic heterocycles. The molecule has 146 valence electrons. The maximum atomic E-state index is 13.7. The molecule has 0 spiro atoms. The van der Waals surface area contributed by atoms with Gasteiger partial charge in [0.15, 0.2) is 11.5 Å². The Morgan fingerprint density at radius 2 is 1.93 bits per heavy atom. The molecule has 0 heterocycles. The first-order valence-corrected chi connectivity index (χ1v) is 8.61. The molecule has 0 saturated heterocycles. The third-order valence-electron chi connectivity index (χ3n) is 4.19. The summed E-state index contributed by atoms with van der Waals surface area (Å²) in [5.41, 5.74) is 0.884. The Morgan fingerprint density at radius 1 is 1.19 bits per heavy atom. The van der Waals surface area contributed by atoms with Crippen molar-refractivity contribution < 1.29 is 23.0 Å². The molecule has 27 heavy (non-hydrogen) atoms. The van der Waals surface area contributed by atoms with E-state index in [1.54, 1.807) is 21.1 Å². The van der Waals surface area contributed by atoms with E-state index in [2.05, 4.69) is 5.32 Å². The van der Waals surface area contributed by atoms with Gasteiger partial charge in [0.25, 0.3) is 0 Å². The molecule has 1 unspecified atom stereocenters. The fourth-order valence-electron chi connectivity index (χ4n) is 2.54. The van der Waals surface area contributed by atoms with Crippen molar-refractivity contribution in [2.45, 2.75) is 26.4 Å². The van der Waals surface area contributed by atoms with Crippen LogP contribution in [-0.2, 0) is 11.3 Å². The van der Waals surface area contributed by atoms with E-state index in [9.17, 15) is 13.6 Å². The number of ether oxygens (including phenoxy) is 2. The zero-order valence-corrected chi connectivity index (χ0v) is 15.9. The van der Waals surface area contributed by atoms with Crippen LogP contribution in [0.2, 0.25) is 0 Å². The Balaban J connectivity index is 2.04. The van der Waals surface area contributed by atoms with Gasteiger partial charge < -0.3 is 14.8 Å². The number of halogens is 2. The molecule has 0 aliphatic heterocycles. The Morgan fingerprint density at radius 3 is 2.56 bits per heavy atom. The van der Waals surface area contributed by atoms with Crippen LogP contribution < -0.4 is 14.8 Å². The molecule has 1 N–H and O–H groups in total. The summed E-state index contributed by atoms with van der Waals surface area (Å²) in [4.78, 5) is 14.2. The van der Waals surface area contributed by atoms with Crippen LogP contribution in [0.15, 0.2) is 36.4 Å². The molecule has 0 saturated carbocycles. The van der Waals surface area contributed by atoms with E-state index < -0.39 is 17.7 Å². The average molecular weight is 378 g/mol. The van der Waals surface area contributed by atoms with Crippen LogP contribution in [0, 0.1) is 11.6 Å². The molecule has 0 aliphatic rings. The van der Waals surface area contributed by atoms with Crippen LogP contribution in [0.1, 0.15) is 19.4 Å². The van der Waals surface area contributed by atoms with Crippen molar-refractivity contribution >= 4 is 11.6 Å². The number of hydrogen-bond acceptors (Lipinski definition) is 4. The molecule has 1 atom stereocenters. The van der Waals surface area contributed by atoms with Crippen LogP contribution in [0.4, 0.5) is 14.5 Å². The van der Waals surface area contributed by atoms with E-state index in [-0.39, 0.29) is 11.6 Å². The van der Waals surface area contributed by atoms with Crippen molar-refractivity contribution in [3.8, 4) is 11.5 Å². The third-order valence-corrected chi connectivity index (χ3v) is 4.19. The second kappa shape index (κ2) is 9.32. The van der Waals surface area contributed by atoms with E-state index in [0.717, 1.165) is 17.7 Å². The number of hydrogen-bond donors (Lipinski definition) is 1. The summed E-state index contributed by atoms with van der Waals surface area (Å²) in [6, 6.07) is 8.07. The van der Waals surface area contributed by atoms with Gasteiger partial charge in [-0.3, -0.25) is 9.69 Å². The molecule has 0 fully saturated rings. The minimum Gasteiger partial charge on any atom is -0.493 e. The first kappa shape index (κ1) is 20.6. The highest BCUT2D eigenvalue weighted by atomic mass is 19.1. The predicted molar refractivity (Wildman–Crippen MR) is 100 cm³/mol. The molecule has 2 aromatic rings. The van der Waals surface area contributed by atoms with Crippen molar-refractivity contribution in [3.63, 3.8) is 0 Å². The molecule has 2 rings (SSSR count). The third kappa shape index (κ3) is 5.40. The van der Waals surface area contributed by atoms with Crippen LogP contribution >= 0.6 is 0 Å². The highest BCUT2D eigenvalue weighted by Crippen LogP contribution is 2.28. The number of nitrogens with one attached hydrogen (secondary N) is 1. The number of benzene rings is 2. The second-order valence-corrected chi connectivity index (χ2v) is 6.12. The predicted octanol–water partition coefficient (Wildman–Crippen LogP) is 3.83. The normalized spacial score (nSPS) is 12.0. The van der Waals surface area contributed by atoms with Gasteiger partial charge in [-0.15, -0.1) is 0 Å². The van der Waals surface area contributed by atoms with Crippen LogP contribution in [-0.4, -0.2) is 37.6 Å². The molecule has 0 bridgehead atoms. The Bertz CT molecular complexity index is 799. The van der Waals surface area contributed by atoms with Crippen molar-refractivity contribution in [2.24, 2.45) is 0 Å². The Hall–Kier alpha value is -2.67. The van der Waals surface area contributed by atoms with Gasteiger partial charge in [-0.25, -0.2) is 8.78 Å². The van der Waals surface area contributed by atoms with Gasteiger partial charge in [0.2, 0.25) is 5.91 Å². The van der Waals surface area contributed by atoms with Crippen LogP contribution in [0.25, 0.3) is 0 Å². The van der Waals surface area contributed by atoms with E-state index in [0.29, 0.717) is 24.7 Å². The first-order chi connectivity index (χ1) is 12.8. The minimum absolute atomic E-state index is 0.0515. The maximum absolute atomic E-state index is 13.7. The molecular weight excluding hydrogens is 354 g/mol. The van der Waals surface area contributed by atoms with E-state index in [1.807, 2.05) is 30.0 Å². The van der Waals surface area contributed by atoms with E-state index in [1.165, 1.54) is 6.07 Å². The zero-order chi connectivity index (χ0) is 20.0. The van der Waals surface area contributed by atoms with Gasteiger partial charge in [0, 0.05) is 12.6 Å². The minimum atomic E-state index is -0.811. The molecule has 0 aliphatic carbocycles. The number of anilines is 1. The summed E-state index contributed by atoms with van der Waals surface area (Å²) in [6.45, 7) is 4.62. The standard InChI is InChI=1S/C20H24F2N2O3/c1-5-27-18-9-6-14(10-19(18)26-4)12-24(3)13(2)20(25)23-17-8-7-15(21)11-16(17)22/h6-11,13H,5,12H2,1-4H3,(H,23,25). The molecule has 5 nitrogen and oxygen atoms in total. The number of rotatable bonds is 8. The number of carbonyl (C=O) groups is 1.